The Morgan fingerprint density at radius 1 is 0.943 bits per heavy atom. The van der Waals surface area contributed by atoms with Crippen LogP contribution in [0.3, 0.4) is 0 Å². The molecule has 0 aliphatic heterocycles. The fourth-order valence-corrected chi connectivity index (χ4v) is 3.82. The number of hydrogen-bond acceptors (Lipinski definition) is 8. The van der Waals surface area contributed by atoms with Gasteiger partial charge in [0.05, 0.1) is 23.2 Å². The smallest absolute Gasteiger partial charge is 0.222 e. The minimum absolute atomic E-state index is 0.0909. The molecule has 4 rings (SSSR count). The second-order valence-electron chi connectivity index (χ2n) is 8.01. The van der Waals surface area contributed by atoms with Crippen LogP contribution in [-0.2, 0) is 16.6 Å². The largest absolute Gasteiger partial charge is 0.457 e. The van der Waals surface area contributed by atoms with Crippen LogP contribution >= 0.6 is 0 Å². The Balaban J connectivity index is 1.42. The van der Waals surface area contributed by atoms with Crippen LogP contribution in [0.5, 0.6) is 11.5 Å². The number of ether oxygens (including phenoxy) is 1. The number of rotatable bonds is 9. The van der Waals surface area contributed by atoms with E-state index in [1.54, 1.807) is 32.2 Å². The van der Waals surface area contributed by atoms with Gasteiger partial charge in [-0.25, -0.2) is 18.1 Å². The summed E-state index contributed by atoms with van der Waals surface area (Å²) in [4.78, 5) is 12.8. The van der Waals surface area contributed by atoms with Crippen molar-refractivity contribution in [1.29, 1.82) is 0 Å². The van der Waals surface area contributed by atoms with Crippen molar-refractivity contribution in [2.24, 2.45) is 0 Å². The zero-order valence-corrected chi connectivity index (χ0v) is 20.2. The SMILES string of the molecule is CC(C)S(=O)(=O)NCc1cc(Oc2ccc(Nc3cc(-c4ccccc4)nc(N)n3)cc2)ccn1. The molecule has 0 bridgehead atoms. The number of pyridine rings is 1. The zero-order valence-electron chi connectivity index (χ0n) is 19.3. The third-order valence-corrected chi connectivity index (χ3v) is 6.83. The number of aromatic nitrogens is 3. The van der Waals surface area contributed by atoms with Gasteiger partial charge in [-0.2, -0.15) is 4.98 Å². The highest BCUT2D eigenvalue weighted by Crippen LogP contribution is 2.26. The first kappa shape index (κ1) is 24.1. The molecule has 4 aromatic rings. The van der Waals surface area contributed by atoms with Crippen LogP contribution in [0.1, 0.15) is 19.5 Å². The van der Waals surface area contributed by atoms with Crippen LogP contribution in [0, 0.1) is 0 Å². The van der Waals surface area contributed by atoms with E-state index in [0.717, 1.165) is 16.9 Å². The molecule has 0 saturated carbocycles. The van der Waals surface area contributed by atoms with Gasteiger partial charge in [-0.15, -0.1) is 0 Å². The molecule has 0 amide bonds. The third kappa shape index (κ3) is 6.52. The molecule has 0 radical (unpaired) electrons. The van der Waals surface area contributed by atoms with Crippen molar-refractivity contribution in [3.05, 3.63) is 84.7 Å². The van der Waals surface area contributed by atoms with Gasteiger partial charge in [-0.05, 0) is 44.2 Å². The van der Waals surface area contributed by atoms with Crippen LogP contribution in [-0.4, -0.2) is 28.6 Å². The number of hydrogen-bond donors (Lipinski definition) is 3. The standard InChI is InChI=1S/C25H26N6O3S/c1-17(2)35(32,33)28-16-20-14-22(12-13-27-20)34-21-10-8-19(9-11-21)29-24-15-23(30-25(26)31-24)18-6-4-3-5-7-18/h3-15,17,28H,16H2,1-2H3,(H3,26,29,30,31). The van der Waals surface area contributed by atoms with Crippen molar-refractivity contribution in [3.8, 4) is 22.8 Å². The molecule has 2 aromatic heterocycles. The summed E-state index contributed by atoms with van der Waals surface area (Å²) in [6, 6.07) is 22.3. The van der Waals surface area contributed by atoms with E-state index in [2.05, 4.69) is 25.0 Å². The van der Waals surface area contributed by atoms with E-state index >= 15 is 0 Å². The number of benzene rings is 2. The van der Waals surface area contributed by atoms with Gasteiger partial charge in [0.25, 0.3) is 0 Å². The van der Waals surface area contributed by atoms with Crippen molar-refractivity contribution in [1.82, 2.24) is 19.7 Å². The highest BCUT2D eigenvalue weighted by atomic mass is 32.2. The predicted molar refractivity (Wildman–Crippen MR) is 137 cm³/mol. The summed E-state index contributed by atoms with van der Waals surface area (Å²) in [6.45, 7) is 3.33. The molecule has 2 aromatic carbocycles. The fraction of sp³-hybridized carbons (Fsp3) is 0.160. The molecule has 2 heterocycles. The average Bonchev–Trinajstić information content (AvgIpc) is 2.84. The molecule has 35 heavy (non-hydrogen) atoms. The van der Waals surface area contributed by atoms with E-state index in [0.29, 0.717) is 23.0 Å². The molecule has 0 unspecified atom stereocenters. The fourth-order valence-electron chi connectivity index (χ4n) is 3.13. The van der Waals surface area contributed by atoms with Gasteiger partial charge in [0, 0.05) is 29.6 Å². The van der Waals surface area contributed by atoms with Gasteiger partial charge in [-0.3, -0.25) is 4.98 Å². The topological polar surface area (TPSA) is 132 Å². The van der Waals surface area contributed by atoms with E-state index in [-0.39, 0.29) is 12.5 Å². The van der Waals surface area contributed by atoms with Crippen molar-refractivity contribution in [2.75, 3.05) is 11.1 Å². The highest BCUT2D eigenvalue weighted by molar-refractivity contribution is 7.90. The van der Waals surface area contributed by atoms with Crippen molar-refractivity contribution in [3.63, 3.8) is 0 Å². The van der Waals surface area contributed by atoms with Crippen LogP contribution in [0.15, 0.2) is 79.0 Å². The maximum atomic E-state index is 12.0. The maximum Gasteiger partial charge on any atom is 0.222 e. The second kappa shape index (κ2) is 10.5. The van der Waals surface area contributed by atoms with E-state index in [9.17, 15) is 8.42 Å². The summed E-state index contributed by atoms with van der Waals surface area (Å²) < 4.78 is 32.4. The summed E-state index contributed by atoms with van der Waals surface area (Å²) in [5.74, 6) is 1.92. The number of nitrogen functional groups attached to an aromatic ring is 1. The van der Waals surface area contributed by atoms with Crippen molar-refractivity contribution in [2.45, 2.75) is 25.6 Å². The highest BCUT2D eigenvalue weighted by Gasteiger charge is 2.15. The molecule has 0 aliphatic carbocycles. The lowest BCUT2D eigenvalue weighted by molar-refractivity contribution is 0.480. The molecule has 4 N–H and O–H groups in total. The summed E-state index contributed by atoms with van der Waals surface area (Å²) in [6.07, 6.45) is 1.58. The lowest BCUT2D eigenvalue weighted by atomic mass is 10.1. The minimum Gasteiger partial charge on any atom is -0.457 e. The number of nitrogens with two attached hydrogens (primary N) is 1. The summed E-state index contributed by atoms with van der Waals surface area (Å²) in [5, 5.41) is 2.72. The second-order valence-corrected chi connectivity index (χ2v) is 10.3. The van der Waals surface area contributed by atoms with Crippen LogP contribution < -0.4 is 20.5 Å². The lowest BCUT2D eigenvalue weighted by Gasteiger charge is -2.11. The monoisotopic (exact) mass is 490 g/mol. The van der Waals surface area contributed by atoms with Gasteiger partial charge in [0.1, 0.15) is 17.3 Å². The molecule has 0 atom stereocenters. The number of anilines is 3. The molecule has 0 fully saturated rings. The van der Waals surface area contributed by atoms with E-state index in [1.165, 1.54) is 0 Å². The summed E-state index contributed by atoms with van der Waals surface area (Å²) in [7, 11) is -3.37. The molecular weight excluding hydrogens is 464 g/mol. The molecule has 9 nitrogen and oxygen atoms in total. The van der Waals surface area contributed by atoms with Gasteiger partial charge in [0.2, 0.25) is 16.0 Å². The van der Waals surface area contributed by atoms with Gasteiger partial charge in [-0.1, -0.05) is 30.3 Å². The summed E-state index contributed by atoms with van der Waals surface area (Å²) >= 11 is 0. The van der Waals surface area contributed by atoms with Crippen molar-refractivity contribution >= 4 is 27.5 Å². The maximum absolute atomic E-state index is 12.0. The van der Waals surface area contributed by atoms with Crippen molar-refractivity contribution < 1.29 is 13.2 Å². The van der Waals surface area contributed by atoms with Crippen LogP contribution in [0.4, 0.5) is 17.5 Å². The van der Waals surface area contributed by atoms with E-state index in [4.69, 9.17) is 10.5 Å². The summed E-state index contributed by atoms with van der Waals surface area (Å²) in [5.41, 5.74) is 8.94. The van der Waals surface area contributed by atoms with Gasteiger partial charge >= 0.3 is 0 Å². The first-order valence-corrected chi connectivity index (χ1v) is 12.5. The van der Waals surface area contributed by atoms with Gasteiger partial charge in [0.15, 0.2) is 0 Å². The average molecular weight is 491 g/mol. The van der Waals surface area contributed by atoms with Crippen LogP contribution in [0.2, 0.25) is 0 Å². The third-order valence-electron chi connectivity index (χ3n) is 5.04. The Bertz CT molecular complexity index is 1390. The molecule has 0 saturated heterocycles. The Kier molecular flexibility index (Phi) is 7.23. The zero-order chi connectivity index (χ0) is 24.8. The Labute approximate surface area is 204 Å². The first-order valence-electron chi connectivity index (χ1n) is 11.0. The molecule has 180 valence electrons. The molecule has 0 spiro atoms. The number of nitrogens with one attached hydrogen (secondary N) is 2. The molecule has 10 heteroatoms. The Hall–Kier alpha value is -4.02. The normalized spacial score (nSPS) is 11.4. The van der Waals surface area contributed by atoms with Crippen LogP contribution in [0.25, 0.3) is 11.3 Å². The predicted octanol–water partition coefficient (Wildman–Crippen LogP) is 4.48. The lowest BCUT2D eigenvalue weighted by Crippen LogP contribution is -2.30. The van der Waals surface area contributed by atoms with E-state index in [1.807, 2.05) is 60.7 Å². The molecular formula is C25H26N6O3S. The minimum atomic E-state index is -3.37. The number of sulfonamides is 1. The number of nitrogens with zero attached hydrogens (tertiary/aromatic N) is 3. The molecule has 0 aliphatic rings. The quantitative estimate of drug-likeness (QED) is 0.313. The first-order chi connectivity index (χ1) is 16.8. The Morgan fingerprint density at radius 3 is 2.40 bits per heavy atom. The Morgan fingerprint density at radius 2 is 1.69 bits per heavy atom. The van der Waals surface area contributed by atoms with Gasteiger partial charge < -0.3 is 15.8 Å². The van der Waals surface area contributed by atoms with E-state index < -0.39 is 15.3 Å².